The fraction of sp³-hybridized carbons (Fsp3) is 0.364. The van der Waals surface area contributed by atoms with E-state index in [0.717, 1.165) is 17.6 Å². The summed E-state index contributed by atoms with van der Waals surface area (Å²) in [5.41, 5.74) is 0.981. The molecule has 14 heavy (non-hydrogen) atoms. The van der Waals surface area contributed by atoms with E-state index in [-0.39, 0.29) is 0 Å². The van der Waals surface area contributed by atoms with Gasteiger partial charge in [0, 0.05) is 13.5 Å². The Bertz CT molecular complexity index is 296. The maximum Gasteiger partial charge on any atom is 0.149 e. The van der Waals surface area contributed by atoms with Crippen LogP contribution in [0.4, 0.5) is 0 Å². The van der Waals surface area contributed by atoms with Crippen LogP contribution in [0.1, 0.15) is 5.56 Å². The van der Waals surface area contributed by atoms with Gasteiger partial charge in [0.15, 0.2) is 0 Å². The van der Waals surface area contributed by atoms with E-state index in [1.807, 2.05) is 24.3 Å². The van der Waals surface area contributed by atoms with Crippen molar-refractivity contribution in [3.05, 3.63) is 29.8 Å². The summed E-state index contributed by atoms with van der Waals surface area (Å²) in [7, 11) is 3.13. The summed E-state index contributed by atoms with van der Waals surface area (Å²) in [6.45, 7) is 0. The SMILES string of the molecule is COc1ccccc1CC(C=O)OC. The Kier molecular flexibility index (Phi) is 4.13. The smallest absolute Gasteiger partial charge is 0.149 e. The van der Waals surface area contributed by atoms with E-state index in [9.17, 15) is 4.79 Å². The summed E-state index contributed by atoms with van der Waals surface area (Å²) in [4.78, 5) is 10.6. The summed E-state index contributed by atoms with van der Waals surface area (Å²) >= 11 is 0. The van der Waals surface area contributed by atoms with Crippen molar-refractivity contribution in [1.82, 2.24) is 0 Å². The molecule has 3 heteroatoms. The topological polar surface area (TPSA) is 35.5 Å². The number of para-hydroxylation sites is 1. The monoisotopic (exact) mass is 194 g/mol. The second-order valence-corrected chi connectivity index (χ2v) is 2.93. The molecule has 1 atom stereocenters. The van der Waals surface area contributed by atoms with Gasteiger partial charge in [0.1, 0.15) is 18.1 Å². The maximum atomic E-state index is 10.6. The molecule has 0 aromatic heterocycles. The highest BCUT2D eigenvalue weighted by Crippen LogP contribution is 2.18. The van der Waals surface area contributed by atoms with Crippen molar-refractivity contribution < 1.29 is 14.3 Å². The summed E-state index contributed by atoms with van der Waals surface area (Å²) in [6, 6.07) is 7.60. The molecule has 0 saturated carbocycles. The van der Waals surface area contributed by atoms with Gasteiger partial charge in [-0.25, -0.2) is 0 Å². The zero-order valence-electron chi connectivity index (χ0n) is 8.40. The number of methoxy groups -OCH3 is 2. The molecule has 0 saturated heterocycles. The summed E-state index contributed by atoms with van der Waals surface area (Å²) < 4.78 is 10.1. The Balaban J connectivity index is 2.78. The summed E-state index contributed by atoms with van der Waals surface area (Å²) in [5, 5.41) is 0. The average Bonchev–Trinajstić information content (AvgIpc) is 2.26. The van der Waals surface area contributed by atoms with Gasteiger partial charge in [-0.05, 0) is 11.6 Å². The quantitative estimate of drug-likeness (QED) is 0.665. The zero-order chi connectivity index (χ0) is 10.4. The molecule has 0 spiro atoms. The summed E-state index contributed by atoms with van der Waals surface area (Å²) in [5.74, 6) is 0.788. The first-order chi connectivity index (χ1) is 6.81. The van der Waals surface area contributed by atoms with E-state index >= 15 is 0 Å². The fourth-order valence-electron chi connectivity index (χ4n) is 1.28. The molecule has 0 fully saturated rings. The van der Waals surface area contributed by atoms with Crippen LogP contribution in [-0.4, -0.2) is 26.6 Å². The van der Waals surface area contributed by atoms with Crippen LogP contribution in [0.25, 0.3) is 0 Å². The molecular formula is C11H14O3. The number of rotatable bonds is 5. The number of carbonyl (C=O) groups excluding carboxylic acids is 1. The van der Waals surface area contributed by atoms with Crippen molar-refractivity contribution >= 4 is 6.29 Å². The molecule has 0 aliphatic rings. The molecule has 76 valence electrons. The lowest BCUT2D eigenvalue weighted by atomic mass is 10.1. The van der Waals surface area contributed by atoms with Crippen molar-refractivity contribution in [2.24, 2.45) is 0 Å². The van der Waals surface area contributed by atoms with E-state index in [0.29, 0.717) is 6.42 Å². The largest absolute Gasteiger partial charge is 0.496 e. The molecule has 0 heterocycles. The third kappa shape index (κ3) is 2.57. The Labute approximate surface area is 83.6 Å². The van der Waals surface area contributed by atoms with Crippen molar-refractivity contribution in [3.63, 3.8) is 0 Å². The second-order valence-electron chi connectivity index (χ2n) is 2.93. The van der Waals surface area contributed by atoms with Crippen LogP contribution in [0.2, 0.25) is 0 Å². The molecule has 3 nitrogen and oxygen atoms in total. The van der Waals surface area contributed by atoms with Crippen molar-refractivity contribution in [2.75, 3.05) is 14.2 Å². The Morgan fingerprint density at radius 2 is 2.07 bits per heavy atom. The van der Waals surface area contributed by atoms with E-state index in [1.165, 1.54) is 7.11 Å². The molecule has 0 radical (unpaired) electrons. The number of hydrogen-bond acceptors (Lipinski definition) is 3. The number of carbonyl (C=O) groups is 1. The van der Waals surface area contributed by atoms with Crippen LogP contribution in [-0.2, 0) is 16.0 Å². The van der Waals surface area contributed by atoms with Gasteiger partial charge in [-0.3, -0.25) is 0 Å². The number of hydrogen-bond donors (Lipinski definition) is 0. The molecule has 1 aromatic carbocycles. The third-order valence-corrected chi connectivity index (χ3v) is 2.07. The highest BCUT2D eigenvalue weighted by molar-refractivity contribution is 5.57. The highest BCUT2D eigenvalue weighted by Gasteiger charge is 2.09. The molecule has 0 amide bonds. The fourth-order valence-corrected chi connectivity index (χ4v) is 1.28. The molecule has 1 rings (SSSR count). The molecule has 1 aromatic rings. The lowest BCUT2D eigenvalue weighted by Gasteiger charge is -2.11. The van der Waals surface area contributed by atoms with Crippen LogP contribution >= 0.6 is 0 Å². The van der Waals surface area contributed by atoms with Crippen LogP contribution in [0, 0.1) is 0 Å². The van der Waals surface area contributed by atoms with Gasteiger partial charge in [0.25, 0.3) is 0 Å². The standard InChI is InChI=1S/C11H14O3/c1-13-10(8-12)7-9-5-3-4-6-11(9)14-2/h3-6,8,10H,7H2,1-2H3. The normalized spacial score (nSPS) is 12.1. The second kappa shape index (κ2) is 5.40. The molecule has 0 aliphatic carbocycles. The highest BCUT2D eigenvalue weighted by atomic mass is 16.5. The minimum Gasteiger partial charge on any atom is -0.496 e. The first-order valence-corrected chi connectivity index (χ1v) is 4.41. The van der Waals surface area contributed by atoms with Gasteiger partial charge in [-0.1, -0.05) is 18.2 Å². The van der Waals surface area contributed by atoms with Gasteiger partial charge in [-0.15, -0.1) is 0 Å². The van der Waals surface area contributed by atoms with E-state index in [2.05, 4.69) is 0 Å². The van der Waals surface area contributed by atoms with Crippen molar-refractivity contribution in [2.45, 2.75) is 12.5 Å². The Hall–Kier alpha value is -1.35. The maximum absolute atomic E-state index is 10.6. The molecule has 0 bridgehead atoms. The van der Waals surface area contributed by atoms with Gasteiger partial charge in [0.05, 0.1) is 7.11 Å². The lowest BCUT2D eigenvalue weighted by molar-refractivity contribution is -0.116. The average molecular weight is 194 g/mol. The van der Waals surface area contributed by atoms with Crippen molar-refractivity contribution in [1.29, 1.82) is 0 Å². The predicted molar refractivity (Wildman–Crippen MR) is 53.6 cm³/mol. The number of aldehydes is 1. The number of benzene rings is 1. The molecular weight excluding hydrogens is 180 g/mol. The first-order valence-electron chi connectivity index (χ1n) is 4.41. The molecule has 0 N–H and O–H groups in total. The molecule has 0 aliphatic heterocycles. The van der Waals surface area contributed by atoms with E-state index in [1.54, 1.807) is 7.11 Å². The minimum atomic E-state index is -0.397. The van der Waals surface area contributed by atoms with Crippen molar-refractivity contribution in [3.8, 4) is 5.75 Å². The zero-order valence-corrected chi connectivity index (χ0v) is 8.40. The van der Waals surface area contributed by atoms with Gasteiger partial charge >= 0.3 is 0 Å². The summed E-state index contributed by atoms with van der Waals surface area (Å²) in [6.07, 6.45) is 0.947. The Morgan fingerprint density at radius 3 is 2.64 bits per heavy atom. The third-order valence-electron chi connectivity index (χ3n) is 2.07. The Morgan fingerprint density at radius 1 is 1.36 bits per heavy atom. The van der Waals surface area contributed by atoms with Crippen LogP contribution in [0.3, 0.4) is 0 Å². The lowest BCUT2D eigenvalue weighted by Crippen LogP contribution is -2.15. The van der Waals surface area contributed by atoms with E-state index in [4.69, 9.17) is 9.47 Å². The minimum absolute atomic E-state index is 0.397. The van der Waals surface area contributed by atoms with Gasteiger partial charge in [-0.2, -0.15) is 0 Å². The van der Waals surface area contributed by atoms with Gasteiger partial charge in [0.2, 0.25) is 0 Å². The van der Waals surface area contributed by atoms with E-state index < -0.39 is 6.10 Å². The van der Waals surface area contributed by atoms with Gasteiger partial charge < -0.3 is 14.3 Å². The van der Waals surface area contributed by atoms with Crippen LogP contribution < -0.4 is 4.74 Å². The molecule has 1 unspecified atom stereocenters. The predicted octanol–water partition coefficient (Wildman–Crippen LogP) is 1.45. The first kappa shape index (κ1) is 10.7. The number of ether oxygens (including phenoxy) is 2. The van der Waals surface area contributed by atoms with Crippen LogP contribution in [0.5, 0.6) is 5.75 Å². The van der Waals surface area contributed by atoms with Crippen LogP contribution in [0.15, 0.2) is 24.3 Å².